The number of aliphatic hydroxyl groups excluding tert-OH is 1. The van der Waals surface area contributed by atoms with Gasteiger partial charge >= 0.3 is 0 Å². The molecule has 0 fully saturated rings. The molecule has 3 heteroatoms. The molecule has 0 aromatic rings. The van der Waals surface area contributed by atoms with Crippen LogP contribution in [0.5, 0.6) is 0 Å². The Morgan fingerprint density at radius 3 is 3.11 bits per heavy atom. The summed E-state index contributed by atoms with van der Waals surface area (Å²) in [7, 11) is 0. The van der Waals surface area contributed by atoms with Crippen LogP contribution in [0.3, 0.4) is 0 Å². The average Bonchev–Trinajstić information content (AvgIpc) is 1.88. The van der Waals surface area contributed by atoms with Crippen molar-refractivity contribution in [3.8, 4) is 0 Å². The van der Waals surface area contributed by atoms with E-state index in [9.17, 15) is 4.79 Å². The number of hydrogen-bond donors (Lipinski definition) is 1. The molecule has 0 radical (unpaired) electrons. The number of aldehydes is 1. The van der Waals surface area contributed by atoms with E-state index in [1.165, 1.54) is 6.08 Å². The van der Waals surface area contributed by atoms with Gasteiger partial charge in [0.25, 0.3) is 5.95 Å². The van der Waals surface area contributed by atoms with Crippen molar-refractivity contribution in [3.63, 3.8) is 0 Å². The van der Waals surface area contributed by atoms with Crippen LogP contribution in [0.4, 0.5) is 0 Å². The number of rotatable bonds is 1. The molecule has 1 heterocycles. The third kappa shape index (κ3) is 1.45. The normalized spacial score (nSPS) is 26.2. The Balaban J connectivity index is 2.56. The van der Waals surface area contributed by atoms with Crippen molar-refractivity contribution in [2.24, 2.45) is 5.92 Å². The van der Waals surface area contributed by atoms with Gasteiger partial charge in [-0.3, -0.25) is 0 Å². The lowest BCUT2D eigenvalue weighted by Gasteiger charge is -2.12. The van der Waals surface area contributed by atoms with E-state index >= 15 is 0 Å². The highest BCUT2D eigenvalue weighted by Gasteiger charge is 2.11. The fourth-order valence-corrected chi connectivity index (χ4v) is 0.721. The van der Waals surface area contributed by atoms with Crippen LogP contribution in [0.2, 0.25) is 0 Å². The SMILES string of the molecule is O=CC1C=C(O)OCC1. The molecule has 1 N–H and O–H groups in total. The van der Waals surface area contributed by atoms with E-state index in [0.717, 1.165) is 6.29 Å². The number of carbonyl (C=O) groups excluding carboxylic acids is 1. The summed E-state index contributed by atoms with van der Waals surface area (Å²) in [6.07, 6.45) is 2.89. The molecule has 0 saturated heterocycles. The second-order valence-corrected chi connectivity index (χ2v) is 1.94. The van der Waals surface area contributed by atoms with E-state index in [1.807, 2.05) is 0 Å². The number of allylic oxidation sites excluding steroid dienone is 1. The van der Waals surface area contributed by atoms with Crippen molar-refractivity contribution in [1.29, 1.82) is 0 Å². The second kappa shape index (κ2) is 2.53. The molecule has 9 heavy (non-hydrogen) atoms. The first-order valence-corrected chi connectivity index (χ1v) is 2.82. The predicted octanol–water partition coefficient (Wildman–Crippen LogP) is 0.621. The molecule has 0 bridgehead atoms. The average molecular weight is 128 g/mol. The predicted molar refractivity (Wildman–Crippen MR) is 30.8 cm³/mol. The van der Waals surface area contributed by atoms with Crippen LogP contribution in [0.15, 0.2) is 12.0 Å². The van der Waals surface area contributed by atoms with Crippen LogP contribution in [-0.4, -0.2) is 18.0 Å². The highest BCUT2D eigenvalue weighted by molar-refractivity contribution is 5.56. The monoisotopic (exact) mass is 128 g/mol. The molecule has 1 aliphatic heterocycles. The maximum atomic E-state index is 10.1. The van der Waals surface area contributed by atoms with Crippen LogP contribution in [0, 0.1) is 5.92 Å². The molecule has 0 saturated carbocycles. The molecule has 0 aliphatic carbocycles. The van der Waals surface area contributed by atoms with Crippen molar-refractivity contribution in [3.05, 3.63) is 12.0 Å². The van der Waals surface area contributed by atoms with E-state index < -0.39 is 0 Å². The zero-order chi connectivity index (χ0) is 6.69. The highest BCUT2D eigenvalue weighted by atomic mass is 16.6. The van der Waals surface area contributed by atoms with E-state index in [4.69, 9.17) is 5.11 Å². The maximum Gasteiger partial charge on any atom is 0.273 e. The van der Waals surface area contributed by atoms with Gasteiger partial charge in [-0.1, -0.05) is 0 Å². The molecule has 50 valence electrons. The lowest BCUT2D eigenvalue weighted by atomic mass is 10.1. The standard InChI is InChI=1S/C6H8O3/c7-4-5-1-2-9-6(8)3-5/h3-5,8H,1-2H2. The largest absolute Gasteiger partial charge is 0.481 e. The van der Waals surface area contributed by atoms with Crippen LogP contribution < -0.4 is 0 Å². The number of ether oxygens (including phenoxy) is 1. The quantitative estimate of drug-likeness (QED) is 0.526. The molecule has 0 spiro atoms. The van der Waals surface area contributed by atoms with Gasteiger partial charge in [-0.15, -0.1) is 0 Å². The summed E-state index contributed by atoms with van der Waals surface area (Å²) in [6.45, 7) is 0.436. The summed E-state index contributed by atoms with van der Waals surface area (Å²) < 4.78 is 4.67. The molecule has 0 aromatic carbocycles. The maximum absolute atomic E-state index is 10.1. The van der Waals surface area contributed by atoms with Gasteiger partial charge < -0.3 is 14.6 Å². The summed E-state index contributed by atoms with van der Waals surface area (Å²) in [5.74, 6) is -0.280. The number of hydrogen-bond acceptors (Lipinski definition) is 3. The van der Waals surface area contributed by atoms with Crippen molar-refractivity contribution < 1.29 is 14.6 Å². The van der Waals surface area contributed by atoms with Gasteiger partial charge in [-0.25, -0.2) is 0 Å². The molecular formula is C6H8O3. The van der Waals surface area contributed by atoms with Gasteiger partial charge in [0.1, 0.15) is 6.29 Å². The van der Waals surface area contributed by atoms with E-state index in [-0.39, 0.29) is 11.9 Å². The molecule has 1 atom stereocenters. The second-order valence-electron chi connectivity index (χ2n) is 1.94. The summed E-state index contributed by atoms with van der Waals surface area (Å²) in [5, 5.41) is 8.69. The van der Waals surface area contributed by atoms with Crippen LogP contribution >= 0.6 is 0 Å². The fourth-order valence-electron chi connectivity index (χ4n) is 0.721. The molecule has 1 aliphatic rings. The number of aliphatic hydroxyl groups is 1. The van der Waals surface area contributed by atoms with E-state index in [1.54, 1.807) is 0 Å². The summed E-state index contributed by atoms with van der Waals surface area (Å²) in [5.41, 5.74) is 0. The van der Waals surface area contributed by atoms with E-state index in [0.29, 0.717) is 13.0 Å². The van der Waals surface area contributed by atoms with Gasteiger partial charge in [0.15, 0.2) is 0 Å². The Hall–Kier alpha value is -0.990. The lowest BCUT2D eigenvalue weighted by molar-refractivity contribution is -0.111. The highest BCUT2D eigenvalue weighted by Crippen LogP contribution is 2.11. The first kappa shape index (κ1) is 6.13. The lowest BCUT2D eigenvalue weighted by Crippen LogP contribution is -2.11. The van der Waals surface area contributed by atoms with Gasteiger partial charge in [0.2, 0.25) is 0 Å². The minimum absolute atomic E-state index is 0.127. The Morgan fingerprint density at radius 2 is 2.67 bits per heavy atom. The van der Waals surface area contributed by atoms with Gasteiger partial charge in [-0.2, -0.15) is 0 Å². The minimum Gasteiger partial charge on any atom is -0.481 e. The fraction of sp³-hybridized carbons (Fsp3) is 0.500. The van der Waals surface area contributed by atoms with Gasteiger partial charge in [-0.05, 0) is 6.42 Å². The Labute approximate surface area is 52.9 Å². The summed E-state index contributed by atoms with van der Waals surface area (Å²) in [6, 6.07) is 0. The first-order chi connectivity index (χ1) is 4.33. The molecule has 0 aromatic heterocycles. The summed E-state index contributed by atoms with van der Waals surface area (Å²) in [4.78, 5) is 10.1. The molecule has 1 unspecified atom stereocenters. The third-order valence-electron chi connectivity index (χ3n) is 1.23. The van der Waals surface area contributed by atoms with Crippen molar-refractivity contribution in [2.75, 3.05) is 6.61 Å². The van der Waals surface area contributed by atoms with Crippen LogP contribution in [0.1, 0.15) is 6.42 Å². The summed E-state index contributed by atoms with van der Waals surface area (Å²) >= 11 is 0. The number of carbonyl (C=O) groups is 1. The molecule has 3 nitrogen and oxygen atoms in total. The van der Waals surface area contributed by atoms with E-state index in [2.05, 4.69) is 4.74 Å². The Kier molecular flexibility index (Phi) is 1.72. The van der Waals surface area contributed by atoms with Gasteiger partial charge in [0, 0.05) is 12.0 Å². The van der Waals surface area contributed by atoms with Gasteiger partial charge in [0.05, 0.1) is 6.61 Å². The first-order valence-electron chi connectivity index (χ1n) is 2.82. The molecule has 0 amide bonds. The van der Waals surface area contributed by atoms with Crippen molar-refractivity contribution >= 4 is 6.29 Å². The molecule has 1 rings (SSSR count). The minimum atomic E-state index is -0.154. The Morgan fingerprint density at radius 1 is 1.89 bits per heavy atom. The zero-order valence-corrected chi connectivity index (χ0v) is 4.91. The topological polar surface area (TPSA) is 46.5 Å². The molecular weight excluding hydrogens is 120 g/mol. The van der Waals surface area contributed by atoms with Crippen molar-refractivity contribution in [1.82, 2.24) is 0 Å². The van der Waals surface area contributed by atoms with Crippen LogP contribution in [0.25, 0.3) is 0 Å². The van der Waals surface area contributed by atoms with Crippen LogP contribution in [-0.2, 0) is 9.53 Å². The zero-order valence-electron chi connectivity index (χ0n) is 4.91. The smallest absolute Gasteiger partial charge is 0.273 e. The third-order valence-corrected chi connectivity index (χ3v) is 1.23. The Bertz CT molecular complexity index is 139. The van der Waals surface area contributed by atoms with Crippen molar-refractivity contribution in [2.45, 2.75) is 6.42 Å².